The lowest BCUT2D eigenvalue weighted by Gasteiger charge is -2.34. The molecule has 0 spiro atoms. The Labute approximate surface area is 117 Å². The van der Waals surface area contributed by atoms with E-state index in [1.807, 2.05) is 20.8 Å². The highest BCUT2D eigenvalue weighted by Gasteiger charge is 2.30. The van der Waals surface area contributed by atoms with Crippen molar-refractivity contribution in [3.63, 3.8) is 0 Å². The van der Waals surface area contributed by atoms with Gasteiger partial charge in [-0.05, 0) is 20.8 Å². The Kier molecular flexibility index (Phi) is 5.05. The Balaban J connectivity index is 2.77. The fourth-order valence-corrected chi connectivity index (χ4v) is 2.16. The van der Waals surface area contributed by atoms with Gasteiger partial charge in [0.15, 0.2) is 0 Å². The summed E-state index contributed by atoms with van der Waals surface area (Å²) in [7, 11) is -1.45. The van der Waals surface area contributed by atoms with E-state index in [1.54, 1.807) is 4.90 Å². The molecule has 0 bridgehead atoms. The molecule has 1 aliphatic heterocycles. The Morgan fingerprint density at radius 3 is 2.53 bits per heavy atom. The number of amides is 1. The molecular weight excluding hydrogens is 258 g/mol. The van der Waals surface area contributed by atoms with Crippen LogP contribution in [0.5, 0.6) is 0 Å². The molecule has 1 fully saturated rings. The van der Waals surface area contributed by atoms with E-state index in [2.05, 4.69) is 31.1 Å². The SMILES string of the molecule is CC(C)(C)OC(=O)N1CCOCC1C#C[Si](C)(C)C. The normalized spacial score (nSPS) is 20.5. The summed E-state index contributed by atoms with van der Waals surface area (Å²) in [6.45, 7) is 13.7. The lowest BCUT2D eigenvalue weighted by Crippen LogP contribution is -2.49. The fourth-order valence-electron chi connectivity index (χ4n) is 1.56. The molecule has 0 radical (unpaired) electrons. The first-order valence-electron chi connectivity index (χ1n) is 6.68. The van der Waals surface area contributed by atoms with Crippen LogP contribution in [-0.4, -0.2) is 50.5 Å². The van der Waals surface area contributed by atoms with Crippen molar-refractivity contribution in [2.45, 2.75) is 52.1 Å². The van der Waals surface area contributed by atoms with Gasteiger partial charge >= 0.3 is 6.09 Å². The minimum Gasteiger partial charge on any atom is -0.444 e. The second kappa shape index (κ2) is 5.97. The molecule has 0 N–H and O–H groups in total. The summed E-state index contributed by atoms with van der Waals surface area (Å²) in [6.07, 6.45) is -0.300. The summed E-state index contributed by atoms with van der Waals surface area (Å²) in [6, 6.07) is -0.185. The second-order valence-electron chi connectivity index (χ2n) is 6.78. The van der Waals surface area contributed by atoms with Gasteiger partial charge in [0.05, 0.1) is 13.2 Å². The number of ether oxygens (including phenoxy) is 2. The maximum atomic E-state index is 12.1. The number of hydrogen-bond acceptors (Lipinski definition) is 3. The average molecular weight is 283 g/mol. The quantitative estimate of drug-likeness (QED) is 0.506. The molecule has 0 aromatic rings. The molecule has 1 amide bonds. The molecule has 0 aromatic carbocycles. The van der Waals surface area contributed by atoms with Crippen molar-refractivity contribution in [2.75, 3.05) is 19.8 Å². The van der Waals surface area contributed by atoms with E-state index in [1.165, 1.54) is 0 Å². The number of hydrogen-bond donors (Lipinski definition) is 0. The molecule has 1 atom stereocenters. The predicted octanol–water partition coefficient (Wildman–Crippen LogP) is 2.50. The minimum atomic E-state index is -1.45. The summed E-state index contributed by atoms with van der Waals surface area (Å²) in [5, 5.41) is 0. The maximum absolute atomic E-state index is 12.1. The number of nitrogens with zero attached hydrogens (tertiary/aromatic N) is 1. The lowest BCUT2D eigenvalue weighted by molar-refractivity contribution is -0.0198. The van der Waals surface area contributed by atoms with Gasteiger partial charge in [-0.2, -0.15) is 0 Å². The van der Waals surface area contributed by atoms with Crippen LogP contribution in [0.1, 0.15) is 20.8 Å². The molecule has 0 saturated carbocycles. The molecule has 1 rings (SSSR count). The average Bonchev–Trinajstić information content (AvgIpc) is 2.23. The van der Waals surface area contributed by atoms with Crippen molar-refractivity contribution >= 4 is 14.2 Å². The van der Waals surface area contributed by atoms with Crippen LogP contribution in [0, 0.1) is 11.5 Å². The molecule has 1 saturated heterocycles. The molecule has 19 heavy (non-hydrogen) atoms. The van der Waals surface area contributed by atoms with Crippen molar-refractivity contribution < 1.29 is 14.3 Å². The van der Waals surface area contributed by atoms with E-state index in [9.17, 15) is 4.79 Å². The highest BCUT2D eigenvalue weighted by atomic mass is 28.3. The summed E-state index contributed by atoms with van der Waals surface area (Å²) < 4.78 is 10.8. The summed E-state index contributed by atoms with van der Waals surface area (Å²) in [5.74, 6) is 3.19. The van der Waals surface area contributed by atoms with Gasteiger partial charge in [-0.3, -0.25) is 4.90 Å². The number of rotatable bonds is 0. The van der Waals surface area contributed by atoms with Gasteiger partial charge in [-0.15, -0.1) is 5.54 Å². The Morgan fingerprint density at radius 2 is 2.00 bits per heavy atom. The molecular formula is C14H25NO3Si. The van der Waals surface area contributed by atoms with Gasteiger partial charge in [0.2, 0.25) is 0 Å². The van der Waals surface area contributed by atoms with Gasteiger partial charge in [0, 0.05) is 6.54 Å². The van der Waals surface area contributed by atoms with Crippen LogP contribution in [0.2, 0.25) is 19.6 Å². The zero-order valence-electron chi connectivity index (χ0n) is 12.9. The number of carbonyl (C=O) groups excluding carboxylic acids is 1. The standard InChI is InChI=1S/C14H25NO3Si/c1-14(2,3)18-13(16)15-8-9-17-11-12(15)7-10-19(4,5)6/h12H,8-9,11H2,1-6H3. The summed E-state index contributed by atoms with van der Waals surface area (Å²) >= 11 is 0. The van der Waals surface area contributed by atoms with E-state index in [4.69, 9.17) is 9.47 Å². The third-order valence-corrected chi connectivity index (χ3v) is 3.26. The fraction of sp³-hybridized carbons (Fsp3) is 0.786. The zero-order valence-corrected chi connectivity index (χ0v) is 13.9. The van der Waals surface area contributed by atoms with Crippen LogP contribution >= 0.6 is 0 Å². The molecule has 4 nitrogen and oxygen atoms in total. The van der Waals surface area contributed by atoms with Crippen molar-refractivity contribution in [3.8, 4) is 11.5 Å². The first kappa shape index (κ1) is 16.1. The van der Waals surface area contributed by atoms with Gasteiger partial charge in [0.25, 0.3) is 0 Å². The Hall–Kier alpha value is -0.993. The molecule has 0 aromatic heterocycles. The van der Waals surface area contributed by atoms with Crippen LogP contribution in [0.15, 0.2) is 0 Å². The molecule has 1 aliphatic rings. The molecule has 0 aliphatic carbocycles. The smallest absolute Gasteiger partial charge is 0.411 e. The topological polar surface area (TPSA) is 38.8 Å². The summed E-state index contributed by atoms with van der Waals surface area (Å²) in [5.41, 5.74) is 2.82. The van der Waals surface area contributed by atoms with Crippen LogP contribution in [-0.2, 0) is 9.47 Å². The third kappa shape index (κ3) is 6.12. The first-order chi connectivity index (χ1) is 8.58. The highest BCUT2D eigenvalue weighted by Crippen LogP contribution is 2.14. The van der Waals surface area contributed by atoms with Gasteiger partial charge in [0.1, 0.15) is 19.7 Å². The zero-order chi connectivity index (χ0) is 14.7. The second-order valence-corrected chi connectivity index (χ2v) is 11.5. The van der Waals surface area contributed by atoms with Gasteiger partial charge in [-0.25, -0.2) is 4.79 Å². The van der Waals surface area contributed by atoms with E-state index in [-0.39, 0.29) is 12.1 Å². The van der Waals surface area contributed by atoms with Crippen LogP contribution in [0.3, 0.4) is 0 Å². The number of morpholine rings is 1. The third-order valence-electron chi connectivity index (χ3n) is 2.37. The summed E-state index contributed by atoms with van der Waals surface area (Å²) in [4.78, 5) is 13.8. The molecule has 1 unspecified atom stereocenters. The van der Waals surface area contributed by atoms with E-state index in [0.29, 0.717) is 19.8 Å². The minimum absolute atomic E-state index is 0.185. The first-order valence-corrected chi connectivity index (χ1v) is 10.2. The monoisotopic (exact) mass is 283 g/mol. The van der Waals surface area contributed by atoms with Crippen molar-refractivity contribution in [1.29, 1.82) is 0 Å². The van der Waals surface area contributed by atoms with Gasteiger partial charge in [-0.1, -0.05) is 25.6 Å². The van der Waals surface area contributed by atoms with Crippen LogP contribution in [0.25, 0.3) is 0 Å². The largest absolute Gasteiger partial charge is 0.444 e. The molecule has 1 heterocycles. The van der Waals surface area contributed by atoms with Gasteiger partial charge < -0.3 is 9.47 Å². The van der Waals surface area contributed by atoms with E-state index in [0.717, 1.165) is 0 Å². The lowest BCUT2D eigenvalue weighted by atomic mass is 10.2. The molecule has 108 valence electrons. The van der Waals surface area contributed by atoms with Crippen LogP contribution < -0.4 is 0 Å². The molecule has 5 heteroatoms. The Bertz CT molecular complexity index is 384. The van der Waals surface area contributed by atoms with Crippen molar-refractivity contribution in [3.05, 3.63) is 0 Å². The maximum Gasteiger partial charge on any atom is 0.411 e. The van der Waals surface area contributed by atoms with Crippen molar-refractivity contribution in [1.82, 2.24) is 4.90 Å². The highest BCUT2D eigenvalue weighted by molar-refractivity contribution is 6.83. The number of carbonyl (C=O) groups is 1. The predicted molar refractivity (Wildman–Crippen MR) is 78.7 cm³/mol. The van der Waals surface area contributed by atoms with Crippen molar-refractivity contribution in [2.24, 2.45) is 0 Å². The van der Waals surface area contributed by atoms with E-state index >= 15 is 0 Å². The van der Waals surface area contributed by atoms with E-state index < -0.39 is 13.7 Å². The van der Waals surface area contributed by atoms with Crippen LogP contribution in [0.4, 0.5) is 4.79 Å². The Morgan fingerprint density at radius 1 is 1.37 bits per heavy atom.